The van der Waals surface area contributed by atoms with Crippen LogP contribution in [0.4, 0.5) is 4.39 Å². The van der Waals surface area contributed by atoms with Gasteiger partial charge in [0.2, 0.25) is 10.0 Å². The quantitative estimate of drug-likeness (QED) is 0.475. The highest BCUT2D eigenvalue weighted by Crippen LogP contribution is 2.34. The van der Waals surface area contributed by atoms with E-state index >= 15 is 0 Å². The van der Waals surface area contributed by atoms with Gasteiger partial charge in [0.05, 0.1) is 28.5 Å². The number of halogens is 3. The Morgan fingerprint density at radius 3 is 2.75 bits per heavy atom. The summed E-state index contributed by atoms with van der Waals surface area (Å²) >= 11 is 9.36. The lowest BCUT2D eigenvalue weighted by Gasteiger charge is -2.22. The van der Waals surface area contributed by atoms with Crippen LogP contribution in [0.15, 0.2) is 52.0 Å². The van der Waals surface area contributed by atoms with Crippen LogP contribution in [0.2, 0.25) is 5.02 Å². The SMILES string of the molecule is COC(=O)[C@@H]1CCCN1S(=O)(=O)c1cc(-c2ncc(-c3ccc(Br)c(F)c3)[nH]2)ccc1Cl. The van der Waals surface area contributed by atoms with Gasteiger partial charge in [0.25, 0.3) is 0 Å². The van der Waals surface area contributed by atoms with Crippen LogP contribution >= 0.6 is 27.5 Å². The molecule has 0 aliphatic carbocycles. The minimum atomic E-state index is -4.06. The summed E-state index contributed by atoms with van der Waals surface area (Å²) in [6.07, 6.45) is 2.46. The molecule has 32 heavy (non-hydrogen) atoms. The number of rotatable bonds is 5. The minimum absolute atomic E-state index is 0.0334. The molecule has 0 amide bonds. The van der Waals surface area contributed by atoms with Gasteiger partial charge in [-0.1, -0.05) is 17.7 Å². The van der Waals surface area contributed by atoms with Crippen LogP contribution in [-0.4, -0.2) is 48.4 Å². The van der Waals surface area contributed by atoms with Crippen LogP contribution in [0, 0.1) is 5.82 Å². The second kappa shape index (κ2) is 8.93. The number of carbonyl (C=O) groups excluding carboxylic acids is 1. The maximum atomic E-state index is 13.9. The monoisotopic (exact) mass is 541 g/mol. The van der Waals surface area contributed by atoms with Crippen LogP contribution in [0.1, 0.15) is 12.8 Å². The van der Waals surface area contributed by atoms with Gasteiger partial charge < -0.3 is 9.72 Å². The van der Waals surface area contributed by atoms with E-state index < -0.39 is 27.9 Å². The van der Waals surface area contributed by atoms with E-state index in [0.717, 1.165) is 4.31 Å². The molecule has 2 aromatic carbocycles. The highest BCUT2D eigenvalue weighted by molar-refractivity contribution is 9.10. The number of sulfonamides is 1. The molecule has 1 aliphatic rings. The number of aromatic amines is 1. The van der Waals surface area contributed by atoms with Crippen LogP contribution in [0.25, 0.3) is 22.6 Å². The Labute approximate surface area is 197 Å². The molecule has 0 radical (unpaired) electrons. The second-order valence-electron chi connectivity index (χ2n) is 7.22. The minimum Gasteiger partial charge on any atom is -0.468 e. The number of aromatic nitrogens is 2. The molecular formula is C21H18BrClFN3O4S. The Kier molecular flexibility index (Phi) is 6.39. The summed E-state index contributed by atoms with van der Waals surface area (Å²) in [6.45, 7) is 0.197. The van der Waals surface area contributed by atoms with Gasteiger partial charge in [0.15, 0.2) is 0 Å². The lowest BCUT2D eigenvalue weighted by atomic mass is 10.2. The summed E-state index contributed by atoms with van der Waals surface area (Å²) in [6, 6.07) is 8.30. The summed E-state index contributed by atoms with van der Waals surface area (Å²) in [5.74, 6) is -0.623. The van der Waals surface area contributed by atoms with Gasteiger partial charge in [-0.05, 0) is 59.1 Å². The molecule has 1 aliphatic heterocycles. The Bertz CT molecular complexity index is 1300. The number of esters is 1. The second-order valence-corrected chi connectivity index (χ2v) is 10.3. The average Bonchev–Trinajstić information content (AvgIpc) is 3.46. The van der Waals surface area contributed by atoms with Crippen molar-refractivity contribution in [1.29, 1.82) is 0 Å². The fraction of sp³-hybridized carbons (Fsp3) is 0.238. The number of ether oxygens (including phenoxy) is 1. The maximum absolute atomic E-state index is 13.9. The first-order valence-electron chi connectivity index (χ1n) is 9.62. The van der Waals surface area contributed by atoms with Crippen molar-refractivity contribution >= 4 is 43.5 Å². The first kappa shape index (κ1) is 22.9. The van der Waals surface area contributed by atoms with E-state index in [-0.39, 0.29) is 16.5 Å². The molecule has 3 aromatic rings. The Hall–Kier alpha value is -2.27. The van der Waals surface area contributed by atoms with Crippen LogP contribution in [-0.2, 0) is 19.6 Å². The molecule has 4 rings (SSSR count). The van der Waals surface area contributed by atoms with Crippen LogP contribution in [0.3, 0.4) is 0 Å². The normalized spacial score (nSPS) is 16.9. The van der Waals surface area contributed by atoms with Crippen molar-refractivity contribution in [3.63, 3.8) is 0 Å². The lowest BCUT2D eigenvalue weighted by molar-refractivity contribution is -0.144. The molecule has 1 N–H and O–H groups in total. The van der Waals surface area contributed by atoms with E-state index in [1.807, 2.05) is 0 Å². The molecule has 0 unspecified atom stereocenters. The van der Waals surface area contributed by atoms with Crippen molar-refractivity contribution in [3.8, 4) is 22.6 Å². The van der Waals surface area contributed by atoms with Crippen molar-refractivity contribution in [2.45, 2.75) is 23.8 Å². The fourth-order valence-corrected chi connectivity index (χ4v) is 6.05. The number of carbonyl (C=O) groups is 1. The van der Waals surface area contributed by atoms with Gasteiger partial charge >= 0.3 is 5.97 Å². The van der Waals surface area contributed by atoms with Gasteiger partial charge in [-0.3, -0.25) is 4.79 Å². The largest absolute Gasteiger partial charge is 0.468 e. The smallest absolute Gasteiger partial charge is 0.324 e. The van der Waals surface area contributed by atoms with Gasteiger partial charge in [-0.2, -0.15) is 4.31 Å². The number of benzene rings is 2. The zero-order chi connectivity index (χ0) is 23.0. The summed E-state index contributed by atoms with van der Waals surface area (Å²) in [5.41, 5.74) is 1.63. The van der Waals surface area contributed by atoms with E-state index in [4.69, 9.17) is 16.3 Å². The standard InChI is InChI=1S/C21H18BrClFN3O4S/c1-31-21(28)18-3-2-8-27(18)32(29,30)19-10-13(5-7-15(19)23)20-25-11-17(26-20)12-4-6-14(22)16(24)9-12/h4-7,9-11,18H,2-3,8H2,1H3,(H,25,26)/t18-/m0/s1. The molecular weight excluding hydrogens is 525 g/mol. The Balaban J connectivity index is 1.70. The molecule has 2 heterocycles. The molecule has 168 valence electrons. The molecule has 1 aromatic heterocycles. The fourth-order valence-electron chi connectivity index (χ4n) is 3.65. The third-order valence-electron chi connectivity index (χ3n) is 5.27. The van der Waals surface area contributed by atoms with E-state index in [0.29, 0.717) is 40.0 Å². The number of hydrogen-bond acceptors (Lipinski definition) is 5. The van der Waals surface area contributed by atoms with Crippen molar-refractivity contribution in [3.05, 3.63) is 57.9 Å². The van der Waals surface area contributed by atoms with Crippen LogP contribution < -0.4 is 0 Å². The van der Waals surface area contributed by atoms with Crippen molar-refractivity contribution in [2.24, 2.45) is 0 Å². The summed E-state index contributed by atoms with van der Waals surface area (Å²) < 4.78 is 46.8. The molecule has 11 heteroatoms. The molecule has 0 saturated carbocycles. The number of nitrogens with zero attached hydrogens (tertiary/aromatic N) is 2. The molecule has 7 nitrogen and oxygen atoms in total. The number of methoxy groups -OCH3 is 1. The number of nitrogens with one attached hydrogen (secondary N) is 1. The molecule has 1 atom stereocenters. The average molecular weight is 543 g/mol. The van der Waals surface area contributed by atoms with E-state index in [1.54, 1.807) is 18.2 Å². The third kappa shape index (κ3) is 4.19. The summed E-state index contributed by atoms with van der Waals surface area (Å²) in [4.78, 5) is 19.3. The van der Waals surface area contributed by atoms with Gasteiger partial charge in [-0.25, -0.2) is 17.8 Å². The summed E-state index contributed by atoms with van der Waals surface area (Å²) in [5, 5.41) is 0.0334. The van der Waals surface area contributed by atoms with Crippen LogP contribution in [0.5, 0.6) is 0 Å². The topological polar surface area (TPSA) is 92.4 Å². The van der Waals surface area contributed by atoms with E-state index in [1.165, 1.54) is 31.5 Å². The van der Waals surface area contributed by atoms with Gasteiger partial charge in [0, 0.05) is 17.7 Å². The maximum Gasteiger partial charge on any atom is 0.324 e. The van der Waals surface area contributed by atoms with Crippen molar-refractivity contribution in [2.75, 3.05) is 13.7 Å². The molecule has 1 saturated heterocycles. The summed E-state index contributed by atoms with van der Waals surface area (Å²) in [7, 11) is -2.83. The number of hydrogen-bond donors (Lipinski definition) is 1. The number of H-pyrrole nitrogens is 1. The third-order valence-corrected chi connectivity index (χ3v) is 8.31. The van der Waals surface area contributed by atoms with E-state index in [9.17, 15) is 17.6 Å². The highest BCUT2D eigenvalue weighted by Gasteiger charge is 2.41. The molecule has 1 fully saturated rings. The Morgan fingerprint density at radius 2 is 2.03 bits per heavy atom. The highest BCUT2D eigenvalue weighted by atomic mass is 79.9. The van der Waals surface area contributed by atoms with Gasteiger partial charge in [0.1, 0.15) is 22.6 Å². The first-order valence-corrected chi connectivity index (χ1v) is 12.2. The molecule has 0 bridgehead atoms. The van der Waals surface area contributed by atoms with Crippen molar-refractivity contribution < 1.29 is 22.3 Å². The Morgan fingerprint density at radius 1 is 1.28 bits per heavy atom. The lowest BCUT2D eigenvalue weighted by Crippen LogP contribution is -2.41. The van der Waals surface area contributed by atoms with Gasteiger partial charge in [-0.15, -0.1) is 0 Å². The predicted octanol–water partition coefficient (Wildman–Crippen LogP) is 4.62. The van der Waals surface area contributed by atoms with Crippen molar-refractivity contribution in [1.82, 2.24) is 14.3 Å². The zero-order valence-electron chi connectivity index (χ0n) is 16.8. The number of imidazole rings is 1. The van der Waals surface area contributed by atoms with E-state index in [2.05, 4.69) is 25.9 Å². The zero-order valence-corrected chi connectivity index (χ0v) is 20.0. The molecule has 0 spiro atoms. The predicted molar refractivity (Wildman–Crippen MR) is 121 cm³/mol. The first-order chi connectivity index (χ1) is 15.2.